The highest BCUT2D eigenvalue weighted by atomic mass is 16.5. The van der Waals surface area contributed by atoms with Crippen molar-refractivity contribution in [2.24, 2.45) is 10.8 Å². The number of carbonyl (C=O) groups is 2. The molecule has 2 heterocycles. The maximum absolute atomic E-state index is 12.7. The molecule has 0 aromatic rings. The molecule has 2 aliphatic carbocycles. The third-order valence-electron chi connectivity index (χ3n) is 10.7. The summed E-state index contributed by atoms with van der Waals surface area (Å²) in [6.45, 7) is 13.6. The number of carbonyl (C=O) groups excluding carboxylic acids is 2. The quantitative estimate of drug-likeness (QED) is 0.334. The van der Waals surface area contributed by atoms with Crippen LogP contribution in [-0.2, 0) is 19.1 Å². The molecule has 2 amide bonds. The molecule has 4 aliphatic rings. The van der Waals surface area contributed by atoms with Crippen LogP contribution in [0.3, 0.4) is 0 Å². The molecule has 0 aromatic heterocycles. The van der Waals surface area contributed by atoms with E-state index < -0.39 is 33.2 Å². The molecule has 8 heteroatoms. The zero-order valence-electron chi connectivity index (χ0n) is 24.8. The fourth-order valence-electron chi connectivity index (χ4n) is 8.79. The van der Waals surface area contributed by atoms with E-state index in [0.29, 0.717) is 25.9 Å². The van der Waals surface area contributed by atoms with Crippen LogP contribution in [-0.4, -0.2) is 70.7 Å². The predicted octanol–water partition coefficient (Wildman–Crippen LogP) is 4.01. The van der Waals surface area contributed by atoms with Gasteiger partial charge in [-0.3, -0.25) is 9.59 Å². The summed E-state index contributed by atoms with van der Waals surface area (Å²) in [6.07, 6.45) is 10.0. The van der Waals surface area contributed by atoms with Gasteiger partial charge in [0.05, 0.1) is 46.4 Å². The molecule has 0 aromatic carbocycles. The van der Waals surface area contributed by atoms with E-state index in [2.05, 4.69) is 38.3 Å². The van der Waals surface area contributed by atoms with Gasteiger partial charge in [-0.15, -0.1) is 0 Å². The second kappa shape index (κ2) is 11.7. The predicted molar refractivity (Wildman–Crippen MR) is 148 cm³/mol. The molecule has 0 unspecified atom stereocenters. The molecule has 2 aliphatic heterocycles. The van der Waals surface area contributed by atoms with E-state index in [-0.39, 0.29) is 25.0 Å². The van der Waals surface area contributed by atoms with Gasteiger partial charge in [0.15, 0.2) is 0 Å². The topological polar surface area (TPSA) is 117 Å². The van der Waals surface area contributed by atoms with Gasteiger partial charge < -0.3 is 30.3 Å². The summed E-state index contributed by atoms with van der Waals surface area (Å²) in [7, 11) is 0. The molecule has 4 fully saturated rings. The summed E-state index contributed by atoms with van der Waals surface area (Å²) in [5.41, 5.74) is -2.71. The van der Waals surface area contributed by atoms with Crippen LogP contribution >= 0.6 is 0 Å². The zero-order chi connectivity index (χ0) is 28.3. The number of fused-ring (bicyclic) bond motifs is 4. The Kier molecular flexibility index (Phi) is 9.65. The maximum Gasteiger partial charge on any atom is 0.229 e. The van der Waals surface area contributed by atoms with Crippen molar-refractivity contribution >= 4 is 11.8 Å². The summed E-state index contributed by atoms with van der Waals surface area (Å²) in [5, 5.41) is 25.5. The van der Waals surface area contributed by atoms with E-state index >= 15 is 0 Å². The molecule has 38 heavy (non-hydrogen) atoms. The number of aliphatic hydroxyl groups is 2. The maximum atomic E-state index is 12.7. The number of nitrogens with one attached hydrogen (secondary N) is 2. The average molecular weight is 539 g/mol. The number of aliphatic hydroxyl groups excluding tert-OH is 2. The Morgan fingerprint density at radius 2 is 0.974 bits per heavy atom. The van der Waals surface area contributed by atoms with Gasteiger partial charge in [-0.2, -0.15) is 0 Å². The van der Waals surface area contributed by atoms with Crippen molar-refractivity contribution in [2.45, 2.75) is 141 Å². The number of hydrogen-bond acceptors (Lipinski definition) is 6. The molecule has 4 bridgehead atoms. The van der Waals surface area contributed by atoms with E-state index in [9.17, 15) is 19.8 Å². The fourth-order valence-corrected chi connectivity index (χ4v) is 8.79. The Labute approximate surface area is 230 Å². The summed E-state index contributed by atoms with van der Waals surface area (Å²) in [4.78, 5) is 25.4. The lowest BCUT2D eigenvalue weighted by molar-refractivity contribution is -0.156. The van der Waals surface area contributed by atoms with Gasteiger partial charge in [-0.25, -0.2) is 0 Å². The van der Waals surface area contributed by atoms with E-state index in [0.717, 1.165) is 64.2 Å². The Bertz CT molecular complexity index is 775. The van der Waals surface area contributed by atoms with Crippen molar-refractivity contribution in [1.82, 2.24) is 10.6 Å². The van der Waals surface area contributed by atoms with Crippen LogP contribution in [0.25, 0.3) is 0 Å². The van der Waals surface area contributed by atoms with E-state index in [1.54, 1.807) is 0 Å². The zero-order valence-corrected chi connectivity index (χ0v) is 24.8. The third kappa shape index (κ3) is 4.61. The van der Waals surface area contributed by atoms with Crippen LogP contribution in [0.5, 0.6) is 0 Å². The highest BCUT2D eigenvalue weighted by Crippen LogP contribution is 2.62. The van der Waals surface area contributed by atoms with Crippen LogP contribution < -0.4 is 10.6 Å². The van der Waals surface area contributed by atoms with Crippen LogP contribution in [0.2, 0.25) is 0 Å². The molecule has 0 spiro atoms. The van der Waals surface area contributed by atoms with Crippen molar-refractivity contribution in [1.29, 1.82) is 0 Å². The summed E-state index contributed by atoms with van der Waals surface area (Å²) >= 11 is 0. The summed E-state index contributed by atoms with van der Waals surface area (Å²) in [5.74, 6) is 0.238. The molecule has 2 saturated heterocycles. The highest BCUT2D eigenvalue weighted by molar-refractivity contribution is 5.85. The minimum absolute atomic E-state index is 0.0237. The monoisotopic (exact) mass is 538 g/mol. The van der Waals surface area contributed by atoms with Crippen molar-refractivity contribution in [3.05, 3.63) is 0 Å². The second-order valence-corrected chi connectivity index (χ2v) is 12.2. The molecule has 220 valence electrons. The van der Waals surface area contributed by atoms with Crippen molar-refractivity contribution in [3.63, 3.8) is 0 Å². The number of ether oxygens (including phenoxy) is 2. The van der Waals surface area contributed by atoms with Crippen LogP contribution in [0.15, 0.2) is 0 Å². The SMILES string of the molecule is CCNC(=O)[C@@]12CCC[C@@](CO)(C1)OC2(CC)CC.CCNC(=O)[C@]12CCC[C@](CO)(C1)OC2(CC)CC. The molecular formula is C30H54N2O6. The molecule has 4 rings (SSSR count). The number of rotatable bonds is 10. The summed E-state index contributed by atoms with van der Waals surface area (Å²) < 4.78 is 12.7. The van der Waals surface area contributed by atoms with Gasteiger partial charge in [0.25, 0.3) is 0 Å². The second-order valence-electron chi connectivity index (χ2n) is 12.2. The van der Waals surface area contributed by atoms with Crippen LogP contribution in [0, 0.1) is 10.8 Å². The lowest BCUT2D eigenvalue weighted by Crippen LogP contribution is -2.54. The van der Waals surface area contributed by atoms with Crippen molar-refractivity contribution in [2.75, 3.05) is 26.3 Å². The van der Waals surface area contributed by atoms with Crippen molar-refractivity contribution < 1.29 is 29.3 Å². The average Bonchev–Trinajstić information content (AvgIpc) is 3.29. The number of amides is 2. The normalized spacial score (nSPS) is 36.2. The fraction of sp³-hybridized carbons (Fsp3) is 0.933. The first-order valence-electron chi connectivity index (χ1n) is 15.3. The lowest BCUT2D eigenvalue weighted by atomic mass is 9.60. The largest absolute Gasteiger partial charge is 0.393 e. The molecule has 2 saturated carbocycles. The Balaban J connectivity index is 0.000000211. The van der Waals surface area contributed by atoms with Gasteiger partial charge in [0.2, 0.25) is 11.8 Å². The first-order chi connectivity index (χ1) is 18.1. The first-order valence-corrected chi connectivity index (χ1v) is 15.3. The van der Waals surface area contributed by atoms with Gasteiger partial charge in [0, 0.05) is 13.1 Å². The number of hydrogen-bond donors (Lipinski definition) is 4. The molecule has 4 N–H and O–H groups in total. The van der Waals surface area contributed by atoms with Crippen LogP contribution in [0.4, 0.5) is 0 Å². The van der Waals surface area contributed by atoms with Gasteiger partial charge >= 0.3 is 0 Å². The lowest BCUT2D eigenvalue weighted by Gasteiger charge is -2.42. The Morgan fingerprint density at radius 3 is 1.24 bits per heavy atom. The Hall–Kier alpha value is -1.22. The standard InChI is InChI=1S/2C15H27NO3/c2*1-4-15(5-2)14(12(18)16-6-3)9-7-8-13(10-14,11-17)19-15/h2*17H,4-11H2,1-3H3,(H,16,18)/t2*13-,14+/m10/s1. The van der Waals surface area contributed by atoms with Crippen LogP contribution in [0.1, 0.15) is 119 Å². The van der Waals surface area contributed by atoms with E-state index in [4.69, 9.17) is 9.47 Å². The van der Waals surface area contributed by atoms with Gasteiger partial charge in [-0.1, -0.05) is 27.7 Å². The minimum Gasteiger partial charge on any atom is -0.393 e. The first kappa shape index (κ1) is 31.3. The van der Waals surface area contributed by atoms with E-state index in [1.165, 1.54) is 0 Å². The Morgan fingerprint density at radius 1 is 0.632 bits per heavy atom. The minimum atomic E-state index is -0.491. The smallest absolute Gasteiger partial charge is 0.229 e. The molecule has 8 nitrogen and oxygen atoms in total. The molecule has 0 radical (unpaired) electrons. The van der Waals surface area contributed by atoms with E-state index in [1.807, 2.05) is 13.8 Å². The third-order valence-corrected chi connectivity index (χ3v) is 10.7. The molecular weight excluding hydrogens is 484 g/mol. The summed E-state index contributed by atoms with van der Waals surface area (Å²) in [6, 6.07) is 0. The van der Waals surface area contributed by atoms with Crippen molar-refractivity contribution in [3.8, 4) is 0 Å². The van der Waals surface area contributed by atoms with Gasteiger partial charge in [0.1, 0.15) is 0 Å². The highest BCUT2D eigenvalue weighted by Gasteiger charge is 2.69. The molecule has 4 atom stereocenters. The van der Waals surface area contributed by atoms with Gasteiger partial charge in [-0.05, 0) is 90.9 Å².